The predicted octanol–water partition coefficient (Wildman–Crippen LogP) is 3.49. The Bertz CT molecular complexity index is 640. The van der Waals surface area contributed by atoms with Crippen molar-refractivity contribution in [3.63, 3.8) is 0 Å². The Labute approximate surface area is 123 Å². The molecule has 0 N–H and O–H groups in total. The molecule has 0 atom stereocenters. The maximum Gasteiger partial charge on any atom is 0.316 e. The van der Waals surface area contributed by atoms with Crippen LogP contribution in [0.1, 0.15) is 24.3 Å². The van der Waals surface area contributed by atoms with Crippen LogP contribution in [0.5, 0.6) is 0 Å². The number of fused-ring (bicyclic) bond motifs is 1. The summed E-state index contributed by atoms with van der Waals surface area (Å²) < 4.78 is 6.41. The number of hydrogen-bond acceptors (Lipinski definition) is 6. The molecule has 100 valence electrons. The average molecular weight is 315 g/mol. The van der Waals surface area contributed by atoms with Crippen LogP contribution in [-0.2, 0) is 9.53 Å². The lowest BCUT2D eigenvalue weighted by Crippen LogP contribution is -2.03. The van der Waals surface area contributed by atoms with E-state index < -0.39 is 0 Å². The highest BCUT2D eigenvalue weighted by Crippen LogP contribution is 2.50. The molecule has 0 saturated heterocycles. The van der Waals surface area contributed by atoms with Gasteiger partial charge in [0.1, 0.15) is 11.4 Å². The Hall–Kier alpha value is -0.850. The van der Waals surface area contributed by atoms with Gasteiger partial charge < -0.3 is 4.74 Å². The molecule has 0 radical (unpaired) electrons. The zero-order valence-corrected chi connectivity index (χ0v) is 12.6. The Balaban J connectivity index is 1.96. The summed E-state index contributed by atoms with van der Waals surface area (Å²) in [6.45, 7) is 0. The zero-order chi connectivity index (χ0) is 13.4. The van der Waals surface area contributed by atoms with Crippen LogP contribution in [0.2, 0.25) is 4.34 Å². The van der Waals surface area contributed by atoms with Gasteiger partial charge in [-0.1, -0.05) is 23.4 Å². The molecular weight excluding hydrogens is 304 g/mol. The summed E-state index contributed by atoms with van der Waals surface area (Å²) in [5.41, 5.74) is 2.10. The third-order valence-electron chi connectivity index (χ3n) is 2.97. The second kappa shape index (κ2) is 5.26. The molecule has 0 spiro atoms. The van der Waals surface area contributed by atoms with E-state index in [-0.39, 0.29) is 11.7 Å². The highest BCUT2D eigenvalue weighted by Gasteiger charge is 2.30. The first kappa shape index (κ1) is 13.1. The van der Waals surface area contributed by atoms with Crippen LogP contribution in [-0.4, -0.2) is 28.8 Å². The van der Waals surface area contributed by atoms with Crippen LogP contribution in [0.25, 0.3) is 10.2 Å². The van der Waals surface area contributed by atoms with Gasteiger partial charge in [0, 0.05) is 5.56 Å². The quantitative estimate of drug-likeness (QED) is 0.491. The number of methoxy groups -OCH3 is 1. The maximum atomic E-state index is 11.2. The fraction of sp³-hybridized carbons (Fsp3) is 0.417. The third-order valence-corrected chi connectivity index (χ3v) is 5.49. The number of nitrogens with zero attached hydrogens (tertiary/aromatic N) is 2. The van der Waals surface area contributed by atoms with E-state index in [0.29, 0.717) is 5.92 Å². The number of hydrogen-bond donors (Lipinski definition) is 0. The van der Waals surface area contributed by atoms with Crippen molar-refractivity contribution in [2.75, 3.05) is 12.9 Å². The van der Waals surface area contributed by atoms with E-state index in [1.54, 1.807) is 0 Å². The van der Waals surface area contributed by atoms with Gasteiger partial charge in [0.25, 0.3) is 0 Å². The van der Waals surface area contributed by atoms with E-state index in [9.17, 15) is 4.79 Å². The van der Waals surface area contributed by atoms with Crippen LogP contribution in [0.15, 0.2) is 11.4 Å². The van der Waals surface area contributed by atoms with Gasteiger partial charge in [0.05, 0.1) is 27.4 Å². The van der Waals surface area contributed by atoms with Gasteiger partial charge >= 0.3 is 5.97 Å². The van der Waals surface area contributed by atoms with Crippen molar-refractivity contribution in [3.8, 4) is 0 Å². The summed E-state index contributed by atoms with van der Waals surface area (Å²) in [6, 6.07) is 0. The molecule has 0 bridgehead atoms. The molecule has 1 saturated carbocycles. The van der Waals surface area contributed by atoms with Crippen molar-refractivity contribution >= 4 is 50.9 Å². The van der Waals surface area contributed by atoms with E-state index >= 15 is 0 Å². The fourth-order valence-electron chi connectivity index (χ4n) is 1.89. The van der Waals surface area contributed by atoms with Gasteiger partial charge in [-0.25, -0.2) is 9.97 Å². The van der Waals surface area contributed by atoms with Gasteiger partial charge in [-0.3, -0.25) is 4.79 Å². The summed E-state index contributed by atoms with van der Waals surface area (Å²) in [6.07, 6.45) is 3.90. The van der Waals surface area contributed by atoms with Gasteiger partial charge in [-0.15, -0.1) is 11.3 Å². The van der Waals surface area contributed by atoms with Crippen LogP contribution in [0.4, 0.5) is 0 Å². The van der Waals surface area contributed by atoms with Gasteiger partial charge in [0.15, 0.2) is 0 Å². The largest absolute Gasteiger partial charge is 0.468 e. The molecule has 3 rings (SSSR count). The lowest BCUT2D eigenvalue weighted by atomic mass is 10.2. The lowest BCUT2D eigenvalue weighted by molar-refractivity contribution is -0.137. The Morgan fingerprint density at radius 1 is 1.58 bits per heavy atom. The van der Waals surface area contributed by atoms with E-state index in [4.69, 9.17) is 11.6 Å². The lowest BCUT2D eigenvalue weighted by Gasteiger charge is -2.01. The maximum absolute atomic E-state index is 11.2. The van der Waals surface area contributed by atoms with Crippen molar-refractivity contribution in [2.24, 2.45) is 0 Å². The molecule has 0 unspecified atom stereocenters. The topological polar surface area (TPSA) is 52.1 Å². The predicted molar refractivity (Wildman–Crippen MR) is 77.1 cm³/mol. The number of thiophene rings is 1. The van der Waals surface area contributed by atoms with Gasteiger partial charge in [-0.05, 0) is 18.8 Å². The van der Waals surface area contributed by atoms with Crippen LogP contribution in [0, 0.1) is 0 Å². The first-order valence-corrected chi connectivity index (χ1v) is 8.01. The minimum Gasteiger partial charge on any atom is -0.468 e. The summed E-state index contributed by atoms with van der Waals surface area (Å²) in [4.78, 5) is 19.8. The number of esters is 1. The number of aromatic nitrogens is 2. The van der Waals surface area contributed by atoms with Crippen molar-refractivity contribution in [2.45, 2.75) is 23.8 Å². The van der Waals surface area contributed by atoms with Crippen LogP contribution < -0.4 is 0 Å². The minimum absolute atomic E-state index is 0.247. The molecule has 0 aliphatic heterocycles. The van der Waals surface area contributed by atoms with Gasteiger partial charge in [-0.2, -0.15) is 0 Å². The molecule has 1 aliphatic carbocycles. The monoisotopic (exact) mass is 314 g/mol. The second-order valence-electron chi connectivity index (χ2n) is 4.29. The van der Waals surface area contributed by atoms with Crippen molar-refractivity contribution < 1.29 is 9.53 Å². The standard InChI is InChI=1S/C12H11ClN2O2S2/c1-17-7(16)4-18-12-10-9(14-5-15-12)8(6-2-3-6)11(13)19-10/h5-6H,2-4H2,1H3. The summed E-state index contributed by atoms with van der Waals surface area (Å²) in [7, 11) is 1.38. The van der Waals surface area contributed by atoms with Gasteiger partial charge in [0.2, 0.25) is 0 Å². The van der Waals surface area contributed by atoms with Crippen molar-refractivity contribution in [3.05, 3.63) is 16.2 Å². The first-order chi connectivity index (χ1) is 9.20. The molecule has 2 aromatic heterocycles. The third kappa shape index (κ3) is 2.57. The second-order valence-corrected chi connectivity index (χ2v) is 6.87. The molecule has 2 aromatic rings. The highest BCUT2D eigenvalue weighted by atomic mass is 35.5. The molecule has 2 heterocycles. The first-order valence-electron chi connectivity index (χ1n) is 5.83. The number of carbonyl (C=O) groups excluding carboxylic acids is 1. The number of rotatable bonds is 4. The number of thioether (sulfide) groups is 1. The van der Waals surface area contributed by atoms with E-state index in [2.05, 4.69) is 14.7 Å². The Morgan fingerprint density at radius 3 is 3.05 bits per heavy atom. The molecule has 7 heteroatoms. The summed E-state index contributed by atoms with van der Waals surface area (Å²) >= 11 is 9.18. The number of halogens is 1. The zero-order valence-electron chi connectivity index (χ0n) is 10.2. The van der Waals surface area contributed by atoms with Crippen LogP contribution in [0.3, 0.4) is 0 Å². The Kier molecular flexibility index (Phi) is 3.64. The van der Waals surface area contributed by atoms with Crippen molar-refractivity contribution in [1.29, 1.82) is 0 Å². The minimum atomic E-state index is -0.262. The normalized spacial score (nSPS) is 14.8. The molecule has 1 fully saturated rings. The highest BCUT2D eigenvalue weighted by molar-refractivity contribution is 8.00. The van der Waals surface area contributed by atoms with Crippen molar-refractivity contribution in [1.82, 2.24) is 9.97 Å². The average Bonchev–Trinajstić information content (AvgIpc) is 3.18. The van der Waals surface area contributed by atoms with E-state index in [1.165, 1.54) is 49.4 Å². The summed E-state index contributed by atoms with van der Waals surface area (Å²) in [5.74, 6) is 0.535. The van der Waals surface area contributed by atoms with E-state index in [0.717, 1.165) is 25.1 Å². The molecule has 4 nitrogen and oxygen atoms in total. The summed E-state index contributed by atoms with van der Waals surface area (Å²) in [5, 5.41) is 0.800. The molecular formula is C12H11ClN2O2S2. The SMILES string of the molecule is COC(=O)CSc1ncnc2c(C3CC3)c(Cl)sc12. The number of ether oxygens (including phenoxy) is 1. The molecule has 0 amide bonds. The smallest absolute Gasteiger partial charge is 0.316 e. The molecule has 0 aromatic carbocycles. The molecule has 19 heavy (non-hydrogen) atoms. The Morgan fingerprint density at radius 2 is 2.37 bits per heavy atom. The van der Waals surface area contributed by atoms with Crippen LogP contribution >= 0.6 is 34.7 Å². The fourth-order valence-corrected chi connectivity index (χ4v) is 4.34. The number of carbonyl (C=O) groups is 1. The van der Waals surface area contributed by atoms with E-state index in [1.807, 2.05) is 0 Å². The molecule has 1 aliphatic rings.